The van der Waals surface area contributed by atoms with Crippen molar-refractivity contribution in [3.63, 3.8) is 0 Å². The minimum atomic E-state index is -1.43. The van der Waals surface area contributed by atoms with Crippen molar-refractivity contribution in [3.8, 4) is 0 Å². The Kier molecular flexibility index (Phi) is 3.26. The van der Waals surface area contributed by atoms with Crippen LogP contribution >= 0.6 is 11.6 Å². The lowest BCUT2D eigenvalue weighted by Gasteiger charge is -2.10. The summed E-state index contributed by atoms with van der Waals surface area (Å²) in [6, 6.07) is 14.5. The smallest absolute Gasteiger partial charge is 0.276 e. The number of carbonyl (C=O) groups excluding carboxylic acids is 1. The molecule has 4 nitrogen and oxygen atoms in total. The molecule has 2 aromatic carbocycles. The summed E-state index contributed by atoms with van der Waals surface area (Å²) < 4.78 is 0. The van der Waals surface area contributed by atoms with Crippen LogP contribution < -0.4 is 5.32 Å². The number of anilines is 1. The Bertz CT molecular complexity index is 698. The molecule has 1 aliphatic heterocycles. The Morgan fingerprint density at radius 2 is 1.90 bits per heavy atom. The number of carbonyl (C=O) groups is 1. The molecule has 1 amide bonds. The molecule has 2 N–H and O–H groups in total. The van der Waals surface area contributed by atoms with Crippen LogP contribution in [0.15, 0.2) is 53.5 Å². The number of fused-ring (bicyclic) bond motifs is 1. The third-order valence-electron chi connectivity index (χ3n) is 3.03. The number of rotatable bonds is 1. The number of halogens is 1. The van der Waals surface area contributed by atoms with Crippen LogP contribution in [0.4, 0.5) is 5.69 Å². The number of nitrogens with zero attached hydrogens (tertiary/aromatic N) is 1. The van der Waals surface area contributed by atoms with E-state index in [1.807, 2.05) is 30.3 Å². The van der Waals surface area contributed by atoms with E-state index in [0.717, 1.165) is 5.56 Å². The van der Waals surface area contributed by atoms with Crippen molar-refractivity contribution in [1.82, 2.24) is 0 Å². The highest BCUT2D eigenvalue weighted by molar-refractivity contribution is 6.32. The molecular weight excluding hydrogens is 278 g/mol. The number of aliphatic imine (C=N–C) groups is 1. The third-order valence-corrected chi connectivity index (χ3v) is 3.26. The van der Waals surface area contributed by atoms with Gasteiger partial charge in [-0.3, -0.25) is 4.79 Å². The van der Waals surface area contributed by atoms with Gasteiger partial charge in [0.05, 0.1) is 11.4 Å². The molecule has 1 unspecified atom stereocenters. The van der Waals surface area contributed by atoms with Gasteiger partial charge < -0.3 is 10.4 Å². The van der Waals surface area contributed by atoms with E-state index in [4.69, 9.17) is 11.6 Å². The first-order chi connectivity index (χ1) is 9.65. The molecule has 1 heterocycles. The zero-order chi connectivity index (χ0) is 14.1. The van der Waals surface area contributed by atoms with Gasteiger partial charge >= 0.3 is 0 Å². The van der Waals surface area contributed by atoms with Crippen molar-refractivity contribution in [2.24, 2.45) is 4.99 Å². The van der Waals surface area contributed by atoms with E-state index in [-0.39, 0.29) is 0 Å². The lowest BCUT2D eigenvalue weighted by molar-refractivity contribution is -0.123. The van der Waals surface area contributed by atoms with E-state index in [0.29, 0.717) is 22.0 Å². The van der Waals surface area contributed by atoms with Gasteiger partial charge in [0.1, 0.15) is 0 Å². The summed E-state index contributed by atoms with van der Waals surface area (Å²) in [5.74, 6) is -0.556. The second kappa shape index (κ2) is 5.07. The molecule has 0 saturated carbocycles. The number of aliphatic hydroxyl groups excluding tert-OH is 1. The Morgan fingerprint density at radius 1 is 1.15 bits per heavy atom. The zero-order valence-electron chi connectivity index (χ0n) is 10.4. The number of aliphatic hydroxyl groups is 1. The van der Waals surface area contributed by atoms with Crippen molar-refractivity contribution in [1.29, 1.82) is 0 Å². The van der Waals surface area contributed by atoms with Gasteiger partial charge in [-0.15, -0.1) is 0 Å². The van der Waals surface area contributed by atoms with Gasteiger partial charge in [0.25, 0.3) is 5.91 Å². The van der Waals surface area contributed by atoms with Gasteiger partial charge in [0.15, 0.2) is 0 Å². The first kappa shape index (κ1) is 12.8. The Morgan fingerprint density at radius 3 is 2.65 bits per heavy atom. The highest BCUT2D eigenvalue weighted by Crippen LogP contribution is 2.26. The Labute approximate surface area is 120 Å². The Hall–Kier alpha value is -2.17. The van der Waals surface area contributed by atoms with Crippen LogP contribution in [-0.4, -0.2) is 23.0 Å². The van der Waals surface area contributed by atoms with Gasteiger partial charge in [-0.25, -0.2) is 4.99 Å². The molecule has 1 atom stereocenters. The standard InChI is InChI=1S/C15H11ClN2O2/c16-10-6-7-12-11(8-10)13(9-4-2-1-3-5-9)18-15(20)14(19)17-12/h1-8,15,20H,(H,17,19)/i14+1,15+1. The fraction of sp³-hybridized carbons (Fsp3) is 0.0667. The molecule has 3 rings (SSSR count). The van der Waals surface area contributed by atoms with E-state index in [2.05, 4.69) is 10.3 Å². The normalized spacial score (nSPS) is 17.8. The summed E-state index contributed by atoms with van der Waals surface area (Å²) in [7, 11) is 0. The zero-order valence-corrected chi connectivity index (χ0v) is 11.1. The highest BCUT2D eigenvalue weighted by Gasteiger charge is 2.23. The van der Waals surface area contributed by atoms with E-state index < -0.39 is 12.1 Å². The molecule has 0 bridgehead atoms. The minimum absolute atomic E-state index is 0.536. The van der Waals surface area contributed by atoms with Crippen molar-refractivity contribution < 1.29 is 9.90 Å². The van der Waals surface area contributed by atoms with Gasteiger partial charge in [-0.1, -0.05) is 41.9 Å². The molecule has 2 aromatic rings. The second-order valence-electron chi connectivity index (χ2n) is 4.40. The maximum atomic E-state index is 11.7. The van der Waals surface area contributed by atoms with Gasteiger partial charge in [-0.05, 0) is 18.2 Å². The van der Waals surface area contributed by atoms with Crippen LogP contribution in [0, 0.1) is 0 Å². The van der Waals surface area contributed by atoms with Crippen LogP contribution in [-0.2, 0) is 4.79 Å². The predicted molar refractivity (Wildman–Crippen MR) is 78.2 cm³/mol. The molecule has 0 spiro atoms. The summed E-state index contributed by atoms with van der Waals surface area (Å²) in [5.41, 5.74) is 2.62. The van der Waals surface area contributed by atoms with Crippen LogP contribution in [0.1, 0.15) is 11.1 Å². The number of benzene rings is 2. The fourth-order valence-corrected chi connectivity index (χ4v) is 2.27. The van der Waals surface area contributed by atoms with Gasteiger partial charge in [-0.2, -0.15) is 0 Å². The monoisotopic (exact) mass is 288 g/mol. The van der Waals surface area contributed by atoms with Crippen molar-refractivity contribution >= 4 is 28.9 Å². The lowest BCUT2D eigenvalue weighted by atomic mass is 10.0. The average molecular weight is 289 g/mol. The number of amides is 1. The van der Waals surface area contributed by atoms with E-state index in [9.17, 15) is 9.90 Å². The Balaban J connectivity index is 2.23. The molecule has 0 radical (unpaired) electrons. The van der Waals surface area contributed by atoms with Crippen LogP contribution in [0.5, 0.6) is 0 Å². The molecule has 0 saturated heterocycles. The molecular formula is C15H11ClN2O2. The number of hydrogen-bond donors (Lipinski definition) is 2. The van der Waals surface area contributed by atoms with E-state index >= 15 is 0 Å². The molecule has 20 heavy (non-hydrogen) atoms. The fourth-order valence-electron chi connectivity index (χ4n) is 2.10. The lowest BCUT2D eigenvalue weighted by Crippen LogP contribution is -2.24. The minimum Gasteiger partial charge on any atom is -0.364 e. The maximum Gasteiger partial charge on any atom is 0.276 e. The molecule has 0 aromatic heterocycles. The molecule has 1 aliphatic rings. The van der Waals surface area contributed by atoms with E-state index in [1.165, 1.54) is 0 Å². The van der Waals surface area contributed by atoms with Crippen molar-refractivity contribution in [2.45, 2.75) is 6.23 Å². The van der Waals surface area contributed by atoms with Crippen LogP contribution in [0.3, 0.4) is 0 Å². The summed E-state index contributed by atoms with van der Waals surface area (Å²) in [6.45, 7) is 0. The maximum absolute atomic E-state index is 11.7. The quantitative estimate of drug-likeness (QED) is 0.792. The number of benzodiazepines with no additional fused rings is 1. The summed E-state index contributed by atoms with van der Waals surface area (Å²) in [6.07, 6.45) is -1.43. The summed E-state index contributed by atoms with van der Waals surface area (Å²) >= 11 is 6.03. The summed E-state index contributed by atoms with van der Waals surface area (Å²) in [5, 5.41) is 13.0. The van der Waals surface area contributed by atoms with Crippen LogP contribution in [0.2, 0.25) is 5.02 Å². The van der Waals surface area contributed by atoms with E-state index in [1.54, 1.807) is 18.2 Å². The van der Waals surface area contributed by atoms with Crippen molar-refractivity contribution in [3.05, 3.63) is 64.7 Å². The molecule has 5 heteroatoms. The predicted octanol–water partition coefficient (Wildman–Crippen LogP) is 2.45. The highest BCUT2D eigenvalue weighted by atomic mass is 35.5. The SMILES string of the molecule is O=[13C]1Nc2ccc(Cl)cc2C(c2ccccc2)=N[13CH]1O. The third kappa shape index (κ3) is 2.31. The van der Waals surface area contributed by atoms with Gasteiger partial charge in [0, 0.05) is 16.1 Å². The number of hydrogen-bond acceptors (Lipinski definition) is 3. The second-order valence-corrected chi connectivity index (χ2v) is 4.83. The molecule has 0 aliphatic carbocycles. The molecule has 0 fully saturated rings. The van der Waals surface area contributed by atoms with Gasteiger partial charge in [0.2, 0.25) is 6.23 Å². The van der Waals surface area contributed by atoms with Crippen LogP contribution in [0.25, 0.3) is 0 Å². The molecule has 100 valence electrons. The van der Waals surface area contributed by atoms with Crippen molar-refractivity contribution in [2.75, 3.05) is 5.32 Å². The average Bonchev–Trinajstić information content (AvgIpc) is 2.58. The number of nitrogens with one attached hydrogen (secondary N) is 1. The topological polar surface area (TPSA) is 61.7 Å². The first-order valence-electron chi connectivity index (χ1n) is 6.07. The summed E-state index contributed by atoms with van der Waals surface area (Å²) in [4.78, 5) is 15.8. The first-order valence-corrected chi connectivity index (χ1v) is 6.45. The largest absolute Gasteiger partial charge is 0.364 e.